The summed E-state index contributed by atoms with van der Waals surface area (Å²) in [5.74, 6) is -0.884. The number of amides is 1. The van der Waals surface area contributed by atoms with E-state index in [0.717, 1.165) is 48.1 Å². The number of fused-ring (bicyclic) bond motifs is 2. The van der Waals surface area contributed by atoms with Gasteiger partial charge in [0, 0.05) is 54.2 Å². The molecule has 3 aromatic rings. The minimum atomic E-state index is -0.946. The first-order chi connectivity index (χ1) is 15.1. The van der Waals surface area contributed by atoms with Gasteiger partial charge in [-0.2, -0.15) is 0 Å². The molecule has 0 saturated carbocycles. The van der Waals surface area contributed by atoms with Crippen molar-refractivity contribution in [1.82, 2.24) is 14.9 Å². The second-order valence-corrected chi connectivity index (χ2v) is 7.73. The van der Waals surface area contributed by atoms with Crippen molar-refractivity contribution in [3.8, 4) is 0 Å². The van der Waals surface area contributed by atoms with Crippen LogP contribution in [0.25, 0.3) is 10.9 Å². The van der Waals surface area contributed by atoms with Crippen molar-refractivity contribution in [2.24, 2.45) is 0 Å². The van der Waals surface area contributed by atoms with Gasteiger partial charge in [-0.05, 0) is 38.1 Å². The number of pyridine rings is 2. The fourth-order valence-corrected chi connectivity index (χ4v) is 3.94. The Labute approximate surface area is 181 Å². The van der Waals surface area contributed by atoms with Crippen LogP contribution >= 0.6 is 0 Å². The summed E-state index contributed by atoms with van der Waals surface area (Å²) in [4.78, 5) is 36.9. The smallest absolute Gasteiger partial charge is 0.339 e. The highest BCUT2D eigenvalue weighted by atomic mass is 16.5. The van der Waals surface area contributed by atoms with Crippen LogP contribution < -0.4 is 5.32 Å². The average Bonchev–Trinajstić information content (AvgIpc) is 2.78. The Morgan fingerprint density at radius 3 is 2.74 bits per heavy atom. The molecule has 0 radical (unpaired) electrons. The van der Waals surface area contributed by atoms with Crippen molar-refractivity contribution in [2.45, 2.75) is 39.3 Å². The number of aromatic nitrogens is 2. The second kappa shape index (κ2) is 9.22. The van der Waals surface area contributed by atoms with E-state index in [2.05, 4.69) is 22.1 Å². The van der Waals surface area contributed by atoms with E-state index in [0.29, 0.717) is 17.8 Å². The Kier molecular flexibility index (Phi) is 6.23. The van der Waals surface area contributed by atoms with Gasteiger partial charge in [-0.15, -0.1) is 0 Å². The molecule has 31 heavy (non-hydrogen) atoms. The van der Waals surface area contributed by atoms with Crippen LogP contribution in [-0.4, -0.2) is 45.9 Å². The van der Waals surface area contributed by atoms with Gasteiger partial charge < -0.3 is 10.1 Å². The van der Waals surface area contributed by atoms with Gasteiger partial charge in [0.2, 0.25) is 0 Å². The zero-order chi connectivity index (χ0) is 21.8. The van der Waals surface area contributed by atoms with E-state index in [4.69, 9.17) is 9.72 Å². The highest BCUT2D eigenvalue weighted by Gasteiger charge is 2.28. The van der Waals surface area contributed by atoms with E-state index in [-0.39, 0.29) is 5.91 Å². The molecule has 0 fully saturated rings. The van der Waals surface area contributed by atoms with Crippen LogP contribution in [0, 0.1) is 0 Å². The molecule has 0 bridgehead atoms. The van der Waals surface area contributed by atoms with Gasteiger partial charge >= 0.3 is 5.97 Å². The fourth-order valence-electron chi connectivity index (χ4n) is 3.94. The highest BCUT2D eigenvalue weighted by Crippen LogP contribution is 2.29. The lowest BCUT2D eigenvalue weighted by molar-refractivity contribution is -0.123. The van der Waals surface area contributed by atoms with Crippen LogP contribution in [0.2, 0.25) is 0 Å². The summed E-state index contributed by atoms with van der Waals surface area (Å²) in [5, 5.41) is 3.50. The SMILES string of the molecule is CCCN1CCc2nc3ccccc3c(C(=O)OC(C)C(=O)Nc3ccncc3)c2C1. The number of ether oxygens (including phenoxy) is 1. The fraction of sp³-hybridized carbons (Fsp3) is 0.333. The molecule has 1 atom stereocenters. The number of carbonyl (C=O) groups is 2. The van der Waals surface area contributed by atoms with Crippen molar-refractivity contribution in [1.29, 1.82) is 0 Å². The quantitative estimate of drug-likeness (QED) is 0.616. The molecule has 4 rings (SSSR count). The van der Waals surface area contributed by atoms with Crippen LogP contribution in [0.1, 0.15) is 41.9 Å². The maximum absolute atomic E-state index is 13.3. The Bertz CT molecular complexity index is 1100. The third kappa shape index (κ3) is 4.56. The molecule has 0 aliphatic carbocycles. The number of nitrogens with zero attached hydrogens (tertiary/aromatic N) is 3. The summed E-state index contributed by atoms with van der Waals surface area (Å²) in [6, 6.07) is 11.0. The number of para-hydroxylation sites is 1. The second-order valence-electron chi connectivity index (χ2n) is 7.73. The molecule has 2 aromatic heterocycles. The molecule has 3 heterocycles. The summed E-state index contributed by atoms with van der Waals surface area (Å²) < 4.78 is 5.63. The van der Waals surface area contributed by atoms with E-state index in [1.54, 1.807) is 31.5 Å². The number of rotatable bonds is 6. The summed E-state index contributed by atoms with van der Waals surface area (Å²) in [6.45, 7) is 6.26. The lowest BCUT2D eigenvalue weighted by Crippen LogP contribution is -2.34. The summed E-state index contributed by atoms with van der Waals surface area (Å²) in [6.07, 6.45) is 4.06. The molecule has 1 amide bonds. The Morgan fingerprint density at radius 1 is 1.19 bits per heavy atom. The van der Waals surface area contributed by atoms with Gasteiger partial charge in [-0.3, -0.25) is 19.7 Å². The van der Waals surface area contributed by atoms with Gasteiger partial charge in [-0.1, -0.05) is 25.1 Å². The summed E-state index contributed by atoms with van der Waals surface area (Å²) in [7, 11) is 0. The van der Waals surface area contributed by atoms with Gasteiger partial charge in [0.05, 0.1) is 11.1 Å². The van der Waals surface area contributed by atoms with Gasteiger partial charge in [-0.25, -0.2) is 4.79 Å². The predicted molar refractivity (Wildman–Crippen MR) is 119 cm³/mol. The first-order valence-corrected chi connectivity index (χ1v) is 10.6. The van der Waals surface area contributed by atoms with E-state index >= 15 is 0 Å². The number of benzene rings is 1. The molecule has 1 unspecified atom stereocenters. The van der Waals surface area contributed by atoms with Crippen LogP contribution in [0.4, 0.5) is 5.69 Å². The van der Waals surface area contributed by atoms with Crippen molar-refractivity contribution in [2.75, 3.05) is 18.4 Å². The third-order valence-electron chi connectivity index (χ3n) is 5.47. The Hall–Kier alpha value is -3.32. The summed E-state index contributed by atoms with van der Waals surface area (Å²) in [5.41, 5.74) is 3.73. The lowest BCUT2D eigenvalue weighted by Gasteiger charge is -2.29. The van der Waals surface area contributed by atoms with Crippen LogP contribution in [0.3, 0.4) is 0 Å². The molecule has 0 saturated heterocycles. The summed E-state index contributed by atoms with van der Waals surface area (Å²) >= 11 is 0. The maximum Gasteiger partial charge on any atom is 0.339 e. The average molecular weight is 418 g/mol. The van der Waals surface area contributed by atoms with Crippen molar-refractivity contribution >= 4 is 28.5 Å². The minimum Gasteiger partial charge on any atom is -0.449 e. The van der Waals surface area contributed by atoms with Gasteiger partial charge in [0.15, 0.2) is 6.10 Å². The molecule has 7 heteroatoms. The Morgan fingerprint density at radius 2 is 1.97 bits per heavy atom. The Balaban J connectivity index is 1.62. The van der Waals surface area contributed by atoms with E-state index in [1.807, 2.05) is 24.3 Å². The standard InChI is InChI=1S/C24H26N4O3/c1-3-13-28-14-10-21-19(15-28)22(18-6-4-5-7-20(18)27-21)24(30)31-16(2)23(29)26-17-8-11-25-12-9-17/h4-9,11-12,16H,3,10,13-15H2,1-2H3,(H,25,26,29). The van der Waals surface area contributed by atoms with E-state index in [1.165, 1.54) is 0 Å². The first kappa shape index (κ1) is 20.9. The molecule has 1 N–H and O–H groups in total. The molecule has 1 aromatic carbocycles. The van der Waals surface area contributed by atoms with Gasteiger partial charge in [0.1, 0.15) is 0 Å². The van der Waals surface area contributed by atoms with E-state index < -0.39 is 12.1 Å². The van der Waals surface area contributed by atoms with E-state index in [9.17, 15) is 9.59 Å². The zero-order valence-electron chi connectivity index (χ0n) is 17.8. The lowest BCUT2D eigenvalue weighted by atomic mass is 9.95. The molecule has 1 aliphatic rings. The molecule has 160 valence electrons. The van der Waals surface area contributed by atoms with Crippen molar-refractivity contribution in [3.63, 3.8) is 0 Å². The number of carbonyl (C=O) groups excluding carboxylic acids is 2. The van der Waals surface area contributed by atoms with Crippen molar-refractivity contribution < 1.29 is 14.3 Å². The first-order valence-electron chi connectivity index (χ1n) is 10.6. The number of esters is 1. The number of hydrogen-bond acceptors (Lipinski definition) is 6. The van der Waals surface area contributed by atoms with Gasteiger partial charge in [0.25, 0.3) is 5.91 Å². The third-order valence-corrected chi connectivity index (χ3v) is 5.47. The highest BCUT2D eigenvalue weighted by molar-refractivity contribution is 6.06. The normalized spacial score (nSPS) is 14.6. The number of anilines is 1. The maximum atomic E-state index is 13.3. The predicted octanol–water partition coefficient (Wildman–Crippen LogP) is 3.58. The topological polar surface area (TPSA) is 84.4 Å². The van der Waals surface area contributed by atoms with Crippen LogP contribution in [-0.2, 0) is 22.5 Å². The zero-order valence-corrected chi connectivity index (χ0v) is 17.8. The molecule has 0 spiro atoms. The molecule has 7 nitrogen and oxygen atoms in total. The van der Waals surface area contributed by atoms with Crippen LogP contribution in [0.5, 0.6) is 0 Å². The van der Waals surface area contributed by atoms with Crippen LogP contribution in [0.15, 0.2) is 48.8 Å². The van der Waals surface area contributed by atoms with Crippen molar-refractivity contribution in [3.05, 3.63) is 65.6 Å². The minimum absolute atomic E-state index is 0.389. The monoisotopic (exact) mass is 418 g/mol. The molecular weight excluding hydrogens is 392 g/mol. The number of hydrogen-bond donors (Lipinski definition) is 1. The number of nitrogens with one attached hydrogen (secondary N) is 1. The largest absolute Gasteiger partial charge is 0.449 e. The molecule has 1 aliphatic heterocycles. The molecular formula is C24H26N4O3.